The van der Waals surface area contributed by atoms with Gasteiger partial charge in [0.1, 0.15) is 5.54 Å². The van der Waals surface area contributed by atoms with E-state index in [2.05, 4.69) is 20.3 Å². The number of ether oxygens (including phenoxy) is 1. The van der Waals surface area contributed by atoms with Crippen molar-refractivity contribution in [3.63, 3.8) is 0 Å². The first kappa shape index (κ1) is 14.8. The number of alkyl halides is 3. The van der Waals surface area contributed by atoms with Crippen molar-refractivity contribution in [3.8, 4) is 0 Å². The summed E-state index contributed by atoms with van der Waals surface area (Å²) in [7, 11) is 1.25. The van der Waals surface area contributed by atoms with Crippen molar-refractivity contribution in [2.24, 2.45) is 0 Å². The van der Waals surface area contributed by atoms with E-state index in [1.807, 2.05) is 6.07 Å². The van der Waals surface area contributed by atoms with Crippen LogP contribution in [0, 0.1) is 0 Å². The maximum Gasteiger partial charge on any atom is 0.408 e. The van der Waals surface area contributed by atoms with E-state index in [1.165, 1.54) is 7.11 Å². The van der Waals surface area contributed by atoms with Gasteiger partial charge in [-0.3, -0.25) is 10.4 Å². The molecule has 1 atom stereocenters. The molecule has 20 heavy (non-hydrogen) atoms. The number of aromatic nitrogens is 2. The van der Waals surface area contributed by atoms with Gasteiger partial charge in [-0.05, 0) is 18.6 Å². The molecule has 0 saturated heterocycles. The summed E-state index contributed by atoms with van der Waals surface area (Å²) in [5.74, 6) is 0. The number of nitrogens with one attached hydrogen (secondary N) is 2. The summed E-state index contributed by atoms with van der Waals surface area (Å²) in [6, 6.07) is 5.37. The van der Waals surface area contributed by atoms with E-state index in [9.17, 15) is 13.2 Å². The number of H-pyrrole nitrogens is 1. The van der Waals surface area contributed by atoms with Gasteiger partial charge in [0, 0.05) is 19.0 Å². The summed E-state index contributed by atoms with van der Waals surface area (Å²) < 4.78 is 43.8. The Balaban J connectivity index is 2.12. The lowest BCUT2D eigenvalue weighted by molar-refractivity contribution is -0.204. The van der Waals surface area contributed by atoms with Crippen LogP contribution in [0.5, 0.6) is 0 Å². The number of nitrogens with zero attached hydrogens (tertiary/aromatic N) is 1. The Morgan fingerprint density at radius 2 is 2.10 bits per heavy atom. The molecule has 0 aliphatic rings. The first-order valence-corrected chi connectivity index (χ1v) is 6.08. The number of halogens is 3. The van der Waals surface area contributed by atoms with Crippen LogP contribution >= 0.6 is 0 Å². The summed E-state index contributed by atoms with van der Waals surface area (Å²) in [5, 5.41) is 10.1. The lowest BCUT2D eigenvalue weighted by atomic mass is 10.0. The van der Waals surface area contributed by atoms with E-state index in [-0.39, 0.29) is 6.54 Å². The van der Waals surface area contributed by atoms with Gasteiger partial charge in [0.15, 0.2) is 0 Å². The zero-order valence-electron chi connectivity index (χ0n) is 11.2. The van der Waals surface area contributed by atoms with Crippen LogP contribution in [0.2, 0.25) is 0 Å². The predicted octanol–water partition coefficient (Wildman–Crippen LogP) is 2.62. The minimum absolute atomic E-state index is 0.0916. The molecule has 0 saturated carbocycles. The molecule has 110 valence electrons. The molecule has 1 heterocycles. The van der Waals surface area contributed by atoms with Gasteiger partial charge in [-0.15, -0.1) is 0 Å². The second kappa shape index (κ2) is 5.41. The fourth-order valence-corrected chi connectivity index (χ4v) is 1.91. The summed E-state index contributed by atoms with van der Waals surface area (Å²) in [5.41, 5.74) is -0.539. The van der Waals surface area contributed by atoms with Crippen LogP contribution in [-0.2, 0) is 11.3 Å². The number of methoxy groups -OCH3 is 1. The molecular weight excluding hydrogens is 271 g/mol. The van der Waals surface area contributed by atoms with Crippen LogP contribution in [-0.4, -0.2) is 35.6 Å². The highest BCUT2D eigenvalue weighted by molar-refractivity contribution is 5.78. The predicted molar refractivity (Wildman–Crippen MR) is 69.3 cm³/mol. The maximum absolute atomic E-state index is 13.0. The number of fused-ring (bicyclic) bond motifs is 1. The Morgan fingerprint density at radius 3 is 2.75 bits per heavy atom. The largest absolute Gasteiger partial charge is 0.408 e. The van der Waals surface area contributed by atoms with Crippen LogP contribution in [0.4, 0.5) is 13.2 Å². The van der Waals surface area contributed by atoms with E-state index in [1.54, 1.807) is 18.3 Å². The first-order valence-electron chi connectivity index (χ1n) is 6.08. The molecule has 2 N–H and O–H groups in total. The second-order valence-corrected chi connectivity index (χ2v) is 4.91. The smallest absolute Gasteiger partial charge is 0.382 e. The quantitative estimate of drug-likeness (QED) is 0.888. The molecule has 0 radical (unpaired) electrons. The summed E-state index contributed by atoms with van der Waals surface area (Å²) >= 11 is 0. The van der Waals surface area contributed by atoms with Gasteiger partial charge in [-0.25, -0.2) is 0 Å². The topological polar surface area (TPSA) is 49.9 Å². The van der Waals surface area contributed by atoms with Gasteiger partial charge in [-0.1, -0.05) is 12.1 Å². The van der Waals surface area contributed by atoms with E-state index < -0.39 is 18.3 Å². The highest BCUT2D eigenvalue weighted by Crippen LogP contribution is 2.30. The lowest BCUT2D eigenvalue weighted by Gasteiger charge is -2.32. The van der Waals surface area contributed by atoms with Crippen LogP contribution in [0.25, 0.3) is 10.9 Å². The summed E-state index contributed by atoms with van der Waals surface area (Å²) in [4.78, 5) is 0. The molecule has 7 heteroatoms. The van der Waals surface area contributed by atoms with Crippen LogP contribution in [0.1, 0.15) is 12.5 Å². The van der Waals surface area contributed by atoms with Crippen molar-refractivity contribution in [1.29, 1.82) is 0 Å². The minimum atomic E-state index is -4.39. The molecule has 1 aromatic carbocycles. The zero-order chi connectivity index (χ0) is 14.8. The highest BCUT2D eigenvalue weighted by Gasteiger charge is 2.50. The van der Waals surface area contributed by atoms with Crippen molar-refractivity contribution in [2.75, 3.05) is 13.7 Å². The van der Waals surface area contributed by atoms with Crippen molar-refractivity contribution < 1.29 is 17.9 Å². The molecule has 2 aromatic rings. The Kier molecular flexibility index (Phi) is 4.01. The average molecular weight is 287 g/mol. The Morgan fingerprint density at radius 1 is 1.35 bits per heavy atom. The van der Waals surface area contributed by atoms with Gasteiger partial charge in [0.25, 0.3) is 0 Å². The van der Waals surface area contributed by atoms with Crippen LogP contribution in [0.15, 0.2) is 24.4 Å². The molecule has 0 bridgehead atoms. The first-order chi connectivity index (χ1) is 9.36. The number of benzene rings is 1. The molecule has 2 rings (SSSR count). The number of hydrogen-bond donors (Lipinski definition) is 2. The average Bonchev–Trinajstić information content (AvgIpc) is 2.82. The van der Waals surface area contributed by atoms with Crippen molar-refractivity contribution in [2.45, 2.75) is 25.2 Å². The fraction of sp³-hybridized carbons (Fsp3) is 0.462. The standard InChI is InChI=1S/C13H16F3N3O/c1-12(8-20-2,13(14,15)16)17-6-9-3-4-10-7-18-19-11(10)5-9/h3-5,7,17H,6,8H2,1-2H3,(H,18,19). The van der Waals surface area contributed by atoms with E-state index in [0.717, 1.165) is 23.4 Å². The maximum atomic E-state index is 13.0. The lowest BCUT2D eigenvalue weighted by Crippen LogP contribution is -2.57. The third-order valence-electron chi connectivity index (χ3n) is 3.25. The number of hydrogen-bond acceptors (Lipinski definition) is 3. The molecule has 0 fully saturated rings. The molecule has 0 aliphatic carbocycles. The molecule has 0 aliphatic heterocycles. The summed E-state index contributed by atoms with van der Waals surface area (Å²) in [6.07, 6.45) is -2.72. The van der Waals surface area contributed by atoms with Gasteiger partial charge in [0.05, 0.1) is 18.3 Å². The highest BCUT2D eigenvalue weighted by atomic mass is 19.4. The third kappa shape index (κ3) is 2.94. The molecule has 0 amide bonds. The number of rotatable bonds is 5. The zero-order valence-corrected chi connectivity index (χ0v) is 11.2. The van der Waals surface area contributed by atoms with Gasteiger partial charge < -0.3 is 4.74 Å². The van der Waals surface area contributed by atoms with Crippen molar-refractivity contribution >= 4 is 10.9 Å². The normalized spacial score (nSPS) is 15.4. The monoisotopic (exact) mass is 287 g/mol. The molecule has 0 spiro atoms. The fourth-order valence-electron chi connectivity index (χ4n) is 1.91. The number of aromatic amines is 1. The third-order valence-corrected chi connectivity index (χ3v) is 3.25. The van der Waals surface area contributed by atoms with E-state index in [0.29, 0.717) is 0 Å². The Hall–Kier alpha value is -1.60. The van der Waals surface area contributed by atoms with Crippen molar-refractivity contribution in [1.82, 2.24) is 15.5 Å². The molecular formula is C13H16F3N3O. The second-order valence-electron chi connectivity index (χ2n) is 4.91. The van der Waals surface area contributed by atoms with Crippen molar-refractivity contribution in [3.05, 3.63) is 30.0 Å². The van der Waals surface area contributed by atoms with Crippen LogP contribution < -0.4 is 5.32 Å². The van der Waals surface area contributed by atoms with Gasteiger partial charge >= 0.3 is 6.18 Å². The SMILES string of the molecule is COCC(C)(NCc1ccc2cn[nH]c2c1)C(F)(F)F. The summed E-state index contributed by atoms with van der Waals surface area (Å²) in [6.45, 7) is 0.738. The van der Waals surface area contributed by atoms with E-state index >= 15 is 0 Å². The van der Waals surface area contributed by atoms with Crippen LogP contribution in [0.3, 0.4) is 0 Å². The molecule has 1 aromatic heterocycles. The minimum Gasteiger partial charge on any atom is -0.382 e. The van der Waals surface area contributed by atoms with E-state index in [4.69, 9.17) is 0 Å². The Bertz CT molecular complexity index is 581. The van der Waals surface area contributed by atoms with Gasteiger partial charge in [-0.2, -0.15) is 18.3 Å². The molecule has 1 unspecified atom stereocenters. The Labute approximate surface area is 114 Å². The molecule has 4 nitrogen and oxygen atoms in total. The van der Waals surface area contributed by atoms with Gasteiger partial charge in [0.2, 0.25) is 0 Å².